The number of thiol groups is 1. The fourth-order valence-electron chi connectivity index (χ4n) is 6.05. The zero-order chi connectivity index (χ0) is 32.2. The first-order valence-electron chi connectivity index (χ1n) is 13.6. The number of hydrogen-bond acceptors (Lipinski definition) is 16. The summed E-state index contributed by atoms with van der Waals surface area (Å²) in [5.41, 5.74) is 4.97. The molecule has 0 saturated carbocycles. The van der Waals surface area contributed by atoms with Crippen LogP contribution in [0.4, 0.5) is 10.3 Å². The molecule has 0 spiro atoms. The molecule has 4 aromatic rings. The Bertz CT molecular complexity index is 2030. The van der Waals surface area contributed by atoms with Gasteiger partial charge in [0.15, 0.2) is 35.4 Å². The van der Waals surface area contributed by atoms with Crippen LogP contribution in [0, 0.1) is 6.92 Å². The van der Waals surface area contributed by atoms with Crippen molar-refractivity contribution in [2.24, 2.45) is 0 Å². The van der Waals surface area contributed by atoms with Gasteiger partial charge in [0, 0.05) is 0 Å². The summed E-state index contributed by atoms with van der Waals surface area (Å²) in [6.07, 6.45) is -5.35. The number of nitrogens with zero attached hydrogens (tertiary/aromatic N) is 7. The minimum atomic E-state index is -4.36. The molecule has 0 radical (unpaired) electrons. The minimum Gasteiger partial charge on any atom is -0.369 e. The summed E-state index contributed by atoms with van der Waals surface area (Å²) in [6, 6.07) is 0. The molecule has 246 valence electrons. The third-order valence-electron chi connectivity index (χ3n) is 8.16. The first-order chi connectivity index (χ1) is 21.8. The fourth-order valence-corrected chi connectivity index (χ4v) is 9.01. The number of nitrogens with one attached hydrogen (secondary N) is 1. The van der Waals surface area contributed by atoms with E-state index >= 15 is 4.39 Å². The molecule has 10 atom stereocenters. The Morgan fingerprint density at radius 2 is 1.87 bits per heavy atom. The van der Waals surface area contributed by atoms with Gasteiger partial charge >= 0.3 is 13.5 Å². The van der Waals surface area contributed by atoms with Crippen LogP contribution in [0.1, 0.15) is 18.1 Å². The number of fused-ring (bicyclic) bond motifs is 3. The van der Waals surface area contributed by atoms with Gasteiger partial charge in [0.25, 0.3) is 5.56 Å². The first kappa shape index (κ1) is 30.8. The topological polar surface area (TPSA) is 235 Å². The normalized spacial score (nSPS) is 39.7. The van der Waals surface area contributed by atoms with Crippen molar-refractivity contribution in [3.63, 3.8) is 0 Å². The lowest BCUT2D eigenvalue weighted by molar-refractivity contribution is -0.183. The summed E-state index contributed by atoms with van der Waals surface area (Å²) in [6.45, 7) is -7.87. The molecule has 2 unspecified atom stereocenters. The van der Waals surface area contributed by atoms with Crippen LogP contribution in [-0.4, -0.2) is 99.9 Å². The molecule has 4 N–H and O–H groups in total. The number of rotatable bonds is 2. The van der Waals surface area contributed by atoms with E-state index in [2.05, 4.69) is 42.2 Å². The van der Waals surface area contributed by atoms with Crippen molar-refractivity contribution in [1.29, 1.82) is 0 Å². The molecule has 4 aliphatic rings. The lowest BCUT2D eigenvalue weighted by Crippen LogP contribution is -2.46. The molecule has 4 fully saturated rings. The fraction of sp³-hybridized carbons (Fsp3) is 0.545. The maximum Gasteiger partial charge on any atom is 0.386 e. The smallest absolute Gasteiger partial charge is 0.369 e. The van der Waals surface area contributed by atoms with E-state index in [4.69, 9.17) is 49.8 Å². The molecule has 19 nitrogen and oxygen atoms in total. The number of halogens is 1. The zero-order valence-electron chi connectivity index (χ0n) is 23.4. The summed E-state index contributed by atoms with van der Waals surface area (Å²) >= 11 is 9.45. The largest absolute Gasteiger partial charge is 0.386 e. The van der Waals surface area contributed by atoms with Gasteiger partial charge in [-0.15, -0.1) is 0 Å². The van der Waals surface area contributed by atoms with Crippen LogP contribution in [0.5, 0.6) is 0 Å². The highest BCUT2D eigenvalue weighted by Crippen LogP contribution is 2.61. The van der Waals surface area contributed by atoms with E-state index < -0.39 is 80.9 Å². The molecular weight excluding hydrogens is 695 g/mol. The number of aryl methyl sites for hydroxylation is 1. The van der Waals surface area contributed by atoms with Gasteiger partial charge in [-0.05, 0) is 18.7 Å². The van der Waals surface area contributed by atoms with Crippen LogP contribution in [-0.2, 0) is 48.7 Å². The van der Waals surface area contributed by atoms with E-state index in [0.717, 1.165) is 10.9 Å². The van der Waals surface area contributed by atoms with E-state index in [-0.39, 0.29) is 23.7 Å². The van der Waals surface area contributed by atoms with Crippen LogP contribution >= 0.6 is 25.8 Å². The lowest BCUT2D eigenvalue weighted by Gasteiger charge is -2.34. The van der Waals surface area contributed by atoms with E-state index in [1.54, 1.807) is 11.5 Å². The van der Waals surface area contributed by atoms with Gasteiger partial charge < -0.3 is 29.4 Å². The third kappa shape index (κ3) is 4.94. The van der Waals surface area contributed by atoms with Gasteiger partial charge in [0.1, 0.15) is 41.9 Å². The number of hydrogen-bond donors (Lipinski definition) is 4. The Labute approximate surface area is 266 Å². The third-order valence-corrected chi connectivity index (χ3v) is 11.3. The summed E-state index contributed by atoms with van der Waals surface area (Å²) in [7, 11) is 0. The molecule has 4 saturated heterocycles. The number of nitrogen functional groups attached to an aromatic ring is 1. The highest BCUT2D eigenvalue weighted by molar-refractivity contribution is 8.44. The van der Waals surface area contributed by atoms with Crippen molar-refractivity contribution in [2.45, 2.75) is 55.6 Å². The number of anilines is 1. The zero-order valence-corrected chi connectivity index (χ0v) is 26.9. The number of H-pyrrole nitrogens is 1. The molecule has 24 heteroatoms. The average Bonchev–Trinajstić information content (AvgIpc) is 3.80. The second-order valence-corrected chi connectivity index (χ2v) is 16.7. The predicted molar refractivity (Wildman–Crippen MR) is 159 cm³/mol. The predicted octanol–water partition coefficient (Wildman–Crippen LogP) is 0.824. The summed E-state index contributed by atoms with van der Waals surface area (Å²) in [4.78, 5) is 46.6. The van der Waals surface area contributed by atoms with Gasteiger partial charge in [-0.1, -0.05) is 12.2 Å². The summed E-state index contributed by atoms with van der Waals surface area (Å²) in [5.74, 6) is -0.234. The summed E-state index contributed by atoms with van der Waals surface area (Å²) < 4.78 is 73.7. The van der Waals surface area contributed by atoms with Crippen molar-refractivity contribution >= 4 is 65.8 Å². The second kappa shape index (κ2) is 10.8. The Morgan fingerprint density at radius 1 is 1.11 bits per heavy atom. The molecule has 46 heavy (non-hydrogen) atoms. The second-order valence-electron chi connectivity index (χ2n) is 11.0. The Kier molecular flexibility index (Phi) is 7.23. The van der Waals surface area contributed by atoms with Crippen molar-refractivity contribution in [2.75, 3.05) is 25.6 Å². The van der Waals surface area contributed by atoms with Crippen molar-refractivity contribution in [1.82, 2.24) is 39.0 Å². The van der Waals surface area contributed by atoms with Crippen LogP contribution in [0.3, 0.4) is 0 Å². The quantitative estimate of drug-likeness (QED) is 0.166. The van der Waals surface area contributed by atoms with E-state index in [0.29, 0.717) is 16.9 Å². The Hall–Kier alpha value is -2.46. The Balaban J connectivity index is 1.10. The average molecular weight is 720 g/mol. The van der Waals surface area contributed by atoms with E-state index in [1.165, 1.54) is 12.7 Å². The molecule has 0 aliphatic carbocycles. The maximum atomic E-state index is 16.1. The summed E-state index contributed by atoms with van der Waals surface area (Å²) in [5, 5.41) is 0. The highest BCUT2D eigenvalue weighted by atomic mass is 32.7. The molecule has 4 aromatic heterocycles. The van der Waals surface area contributed by atoms with Gasteiger partial charge in [0.05, 0.1) is 38.2 Å². The SMILES string of the molecule is Cc1ncnc2c1ncn2[C@@H]1O[C@@]23CO[C@@H]1[C@@H]2OP(O)(=S)OC[C@H]1O[C@@H](n2cnc4c(=O)[nH]c(N)nc42)[C@H](F)[C@@H]1OP(=O)(S)OC3. The van der Waals surface area contributed by atoms with E-state index in [9.17, 15) is 14.3 Å². The Morgan fingerprint density at radius 3 is 2.67 bits per heavy atom. The molecule has 0 amide bonds. The first-order valence-corrected chi connectivity index (χ1v) is 18.9. The maximum absolute atomic E-state index is 16.1. The number of nitrogens with two attached hydrogens (primary N) is 1. The monoisotopic (exact) mass is 719 g/mol. The van der Waals surface area contributed by atoms with Crippen molar-refractivity contribution in [3.8, 4) is 0 Å². The number of imidazole rings is 2. The van der Waals surface area contributed by atoms with Gasteiger partial charge in [-0.2, -0.15) is 4.98 Å². The van der Waals surface area contributed by atoms with Crippen molar-refractivity contribution < 1.29 is 46.2 Å². The van der Waals surface area contributed by atoms with Crippen LogP contribution in [0.2, 0.25) is 0 Å². The van der Waals surface area contributed by atoms with Gasteiger partial charge in [0.2, 0.25) is 5.95 Å². The minimum absolute atomic E-state index is 0.0741. The number of alkyl halides is 1. The molecule has 8 heterocycles. The number of aromatic nitrogens is 8. The standard InChI is InChI=1S/C22H24FN9O10P2S2/c1-8-11-16(26-5-25-8)31(6-27-11)20-14-15-22(40-20,3-36-14)4-38-44(35,46)41-13-9(2-37-43(34,45)42-15)39-19(10(13)23)32-7-28-12-17(32)29-21(24)30-18(12)33/h5-7,9-10,13-15,19-20H,2-4H2,1H3,(H,34,45)(H,35,46)(H3,24,29,30,33)/t9-,10-,13-,14-,15+,19-,20-,22-,43?,44?/m1/s1. The molecule has 2 bridgehead atoms. The number of ether oxygens (including phenoxy) is 3. The highest BCUT2D eigenvalue weighted by Gasteiger charge is 2.65. The van der Waals surface area contributed by atoms with Crippen LogP contribution < -0.4 is 11.3 Å². The lowest BCUT2D eigenvalue weighted by atomic mass is 10.0. The van der Waals surface area contributed by atoms with Crippen LogP contribution in [0.25, 0.3) is 22.3 Å². The molecule has 0 aromatic carbocycles. The van der Waals surface area contributed by atoms with Crippen LogP contribution in [0.15, 0.2) is 23.8 Å². The van der Waals surface area contributed by atoms with Gasteiger partial charge in [-0.25, -0.2) is 28.9 Å². The van der Waals surface area contributed by atoms with Crippen molar-refractivity contribution in [3.05, 3.63) is 35.0 Å². The molecule has 8 rings (SSSR count). The molecule has 4 aliphatic heterocycles. The van der Waals surface area contributed by atoms with E-state index in [1.807, 2.05) is 0 Å². The van der Waals surface area contributed by atoms with Gasteiger partial charge in [-0.3, -0.25) is 32.5 Å². The molecular formula is C22H24FN9O10P2S2. The number of aromatic amines is 1.